The number of rotatable bonds is 16. The molecule has 1 unspecified atom stereocenters. The molecule has 14 heteroatoms. The average Bonchev–Trinajstić information content (AvgIpc) is 3.50. The Morgan fingerprint density at radius 2 is 1.38 bits per heavy atom. The van der Waals surface area contributed by atoms with Gasteiger partial charge in [-0.05, 0) is 75.1 Å². The highest BCUT2D eigenvalue weighted by Crippen LogP contribution is 2.43. The molecular formula is C41H50FN3O10. The SMILES string of the molecule is CC[NH+](CC)CC.COc1ccc(C(OC[C@H]2O[C@@H](n3cc(C)c(=O)[nH]c3=O)C(F)[C@H]2OC(=O)CCC(=O)[O-])(c2ccccc2)c2ccc(OC)cc2)cc1. The number of halogens is 1. The summed E-state index contributed by atoms with van der Waals surface area (Å²) in [6.45, 7) is 11.5. The minimum Gasteiger partial charge on any atom is -0.550 e. The number of H-pyrrole nitrogens is 1. The van der Waals surface area contributed by atoms with Crippen LogP contribution in [0.2, 0.25) is 0 Å². The van der Waals surface area contributed by atoms with Crippen LogP contribution in [0.25, 0.3) is 0 Å². The Morgan fingerprint density at radius 3 is 1.85 bits per heavy atom. The van der Waals surface area contributed by atoms with E-state index in [0.717, 1.165) is 10.8 Å². The predicted molar refractivity (Wildman–Crippen MR) is 200 cm³/mol. The summed E-state index contributed by atoms with van der Waals surface area (Å²) in [5, 5.41) is 11.0. The summed E-state index contributed by atoms with van der Waals surface area (Å²) in [5.41, 5.74) is -0.779. The number of nitrogens with one attached hydrogen (secondary N) is 2. The maximum Gasteiger partial charge on any atom is 0.330 e. The zero-order valence-corrected chi connectivity index (χ0v) is 32.0. The van der Waals surface area contributed by atoms with Crippen LogP contribution in [-0.2, 0) is 29.4 Å². The molecular weight excluding hydrogens is 713 g/mol. The fourth-order valence-corrected chi connectivity index (χ4v) is 6.41. The van der Waals surface area contributed by atoms with Crippen molar-refractivity contribution in [2.75, 3.05) is 40.5 Å². The smallest absolute Gasteiger partial charge is 0.330 e. The Morgan fingerprint density at radius 1 is 0.855 bits per heavy atom. The first-order chi connectivity index (χ1) is 26.4. The third-order valence-corrected chi connectivity index (χ3v) is 9.63. The van der Waals surface area contributed by atoms with Crippen LogP contribution in [0.3, 0.4) is 0 Å². The molecule has 0 aliphatic carbocycles. The molecule has 1 aliphatic rings. The van der Waals surface area contributed by atoms with Gasteiger partial charge in [-0.3, -0.25) is 19.1 Å². The monoisotopic (exact) mass is 763 g/mol. The minimum atomic E-state index is -2.11. The summed E-state index contributed by atoms with van der Waals surface area (Å²) < 4.78 is 46.2. The summed E-state index contributed by atoms with van der Waals surface area (Å²) in [5.74, 6) is -1.29. The quantitative estimate of drug-likeness (QED) is 0.128. The second kappa shape index (κ2) is 19.9. The molecule has 55 heavy (non-hydrogen) atoms. The van der Waals surface area contributed by atoms with Gasteiger partial charge in [0, 0.05) is 17.7 Å². The lowest BCUT2D eigenvalue weighted by atomic mass is 9.80. The molecule has 1 aliphatic heterocycles. The van der Waals surface area contributed by atoms with Crippen molar-refractivity contribution in [2.45, 2.75) is 70.7 Å². The summed E-state index contributed by atoms with van der Waals surface area (Å²) in [4.78, 5) is 52.2. The van der Waals surface area contributed by atoms with Gasteiger partial charge in [-0.25, -0.2) is 9.18 Å². The number of aryl methyl sites for hydroxylation is 1. The number of aliphatic carboxylic acids is 1. The lowest BCUT2D eigenvalue weighted by molar-refractivity contribution is -0.894. The number of carbonyl (C=O) groups excluding carboxylic acids is 2. The van der Waals surface area contributed by atoms with Crippen LogP contribution >= 0.6 is 0 Å². The Labute approximate surface area is 319 Å². The molecule has 2 heterocycles. The van der Waals surface area contributed by atoms with Gasteiger partial charge >= 0.3 is 11.7 Å². The highest BCUT2D eigenvalue weighted by atomic mass is 19.1. The van der Waals surface area contributed by atoms with E-state index in [-0.39, 0.29) is 12.2 Å². The Bertz CT molecular complexity index is 1890. The first-order valence-corrected chi connectivity index (χ1v) is 18.2. The summed E-state index contributed by atoms with van der Waals surface area (Å²) in [6.07, 6.45) is -6.71. The van der Waals surface area contributed by atoms with Gasteiger partial charge in [0.1, 0.15) is 23.2 Å². The highest BCUT2D eigenvalue weighted by molar-refractivity contribution is 5.75. The lowest BCUT2D eigenvalue weighted by Gasteiger charge is -2.37. The minimum absolute atomic E-state index is 0.120. The van der Waals surface area contributed by atoms with Crippen molar-refractivity contribution in [1.82, 2.24) is 9.55 Å². The van der Waals surface area contributed by atoms with Crippen molar-refractivity contribution in [1.29, 1.82) is 0 Å². The maximum atomic E-state index is 16.2. The van der Waals surface area contributed by atoms with Crippen molar-refractivity contribution >= 4 is 11.9 Å². The number of aromatic nitrogens is 2. The molecule has 0 bridgehead atoms. The zero-order chi connectivity index (χ0) is 40.1. The lowest BCUT2D eigenvalue weighted by Crippen LogP contribution is -3.11. The molecule has 296 valence electrons. The second-order valence-corrected chi connectivity index (χ2v) is 12.9. The predicted octanol–water partition coefficient (Wildman–Crippen LogP) is 2.48. The van der Waals surface area contributed by atoms with Gasteiger partial charge in [-0.15, -0.1) is 0 Å². The summed E-state index contributed by atoms with van der Waals surface area (Å²) in [6, 6.07) is 23.6. The molecule has 0 saturated carbocycles. The number of esters is 1. The van der Waals surface area contributed by atoms with Crippen LogP contribution in [0.15, 0.2) is 94.6 Å². The van der Waals surface area contributed by atoms with Gasteiger partial charge in [0.15, 0.2) is 18.5 Å². The number of nitrogens with zero attached hydrogens (tertiary/aromatic N) is 1. The van der Waals surface area contributed by atoms with Gasteiger partial charge in [0.2, 0.25) is 0 Å². The standard InChI is InChI=1S/C35H35FN2O10.C6H15N/c1-21-19-38(34(43)37-32(21)42)33-30(36)31(48-29(41)18-17-28(39)40)27(47-33)20-46-35(22-7-5-4-6-8-22,23-9-13-25(44-2)14-10-23)24-11-15-26(45-3)16-12-24;1-4-7(5-2)6-3/h4-16,19,27,30-31,33H,17-18,20H2,1-3H3,(H,39,40)(H,37,42,43);4-6H2,1-3H3/t27-,30?,31+,33-;/m1./s1. The number of aromatic amines is 1. The molecule has 13 nitrogen and oxygen atoms in total. The molecule has 1 fully saturated rings. The van der Waals surface area contributed by atoms with Crippen LogP contribution < -0.4 is 30.7 Å². The van der Waals surface area contributed by atoms with Crippen molar-refractivity contribution in [3.8, 4) is 11.5 Å². The van der Waals surface area contributed by atoms with Crippen molar-refractivity contribution in [2.24, 2.45) is 0 Å². The van der Waals surface area contributed by atoms with E-state index in [2.05, 4.69) is 25.8 Å². The molecule has 1 aromatic heterocycles. The van der Waals surface area contributed by atoms with Crippen molar-refractivity contribution < 1.29 is 47.7 Å². The normalized spacial score (nSPS) is 18.0. The van der Waals surface area contributed by atoms with E-state index in [0.29, 0.717) is 28.2 Å². The molecule has 2 N–H and O–H groups in total. The average molecular weight is 764 g/mol. The fourth-order valence-electron chi connectivity index (χ4n) is 6.41. The van der Waals surface area contributed by atoms with E-state index in [1.165, 1.54) is 26.6 Å². The molecule has 0 spiro atoms. The van der Waals surface area contributed by atoms with Crippen LogP contribution in [-0.4, -0.2) is 80.3 Å². The van der Waals surface area contributed by atoms with Crippen LogP contribution in [0.5, 0.6) is 11.5 Å². The largest absolute Gasteiger partial charge is 0.550 e. The fraction of sp³-hybridized carbons (Fsp3) is 0.415. The maximum absolute atomic E-state index is 16.2. The van der Waals surface area contributed by atoms with Gasteiger partial charge in [-0.2, -0.15) is 0 Å². The van der Waals surface area contributed by atoms with E-state index in [4.69, 9.17) is 23.7 Å². The van der Waals surface area contributed by atoms with Crippen LogP contribution in [0.1, 0.15) is 62.1 Å². The molecule has 4 aromatic rings. The third kappa shape index (κ3) is 10.3. The summed E-state index contributed by atoms with van der Waals surface area (Å²) >= 11 is 0. The molecule has 3 aromatic carbocycles. The molecule has 4 atom stereocenters. The Hall–Kier alpha value is -5.31. The number of carboxylic acid groups (broad SMARTS) is 1. The molecule has 1 saturated heterocycles. The Kier molecular flexibility index (Phi) is 15.3. The topological polar surface area (TPSA) is 163 Å². The van der Waals surface area contributed by atoms with Crippen LogP contribution in [0, 0.1) is 6.92 Å². The third-order valence-electron chi connectivity index (χ3n) is 9.63. The Balaban J connectivity index is 0.000000876. The number of carbonyl (C=O) groups is 2. The number of carboxylic acids is 1. The van der Waals surface area contributed by atoms with Crippen molar-refractivity contribution in [3.05, 3.63) is 128 Å². The van der Waals surface area contributed by atoms with Gasteiger partial charge < -0.3 is 38.5 Å². The number of quaternary nitrogens is 1. The van der Waals surface area contributed by atoms with E-state index in [9.17, 15) is 24.3 Å². The van der Waals surface area contributed by atoms with Gasteiger partial charge in [0.05, 0.1) is 46.9 Å². The van der Waals surface area contributed by atoms with E-state index < -0.39 is 66.2 Å². The van der Waals surface area contributed by atoms with Crippen LogP contribution in [0.4, 0.5) is 4.39 Å². The number of alkyl halides is 1. The molecule has 5 rings (SSSR count). The first-order valence-electron chi connectivity index (χ1n) is 18.2. The molecule has 0 radical (unpaired) electrons. The van der Waals surface area contributed by atoms with E-state index in [1.807, 2.05) is 54.6 Å². The van der Waals surface area contributed by atoms with E-state index >= 15 is 4.39 Å². The van der Waals surface area contributed by atoms with Gasteiger partial charge in [0.25, 0.3) is 5.56 Å². The molecule has 0 amide bonds. The number of methoxy groups -OCH3 is 2. The summed E-state index contributed by atoms with van der Waals surface area (Å²) in [7, 11) is 3.09. The number of hydrogen-bond acceptors (Lipinski definition) is 10. The van der Waals surface area contributed by atoms with Crippen molar-refractivity contribution in [3.63, 3.8) is 0 Å². The number of ether oxygens (including phenoxy) is 5. The second-order valence-electron chi connectivity index (χ2n) is 12.9. The van der Waals surface area contributed by atoms with Gasteiger partial charge in [-0.1, -0.05) is 54.6 Å². The highest BCUT2D eigenvalue weighted by Gasteiger charge is 2.50. The number of hydrogen-bond donors (Lipinski definition) is 2. The number of benzene rings is 3. The first kappa shape index (κ1) is 42.4. The zero-order valence-electron chi connectivity index (χ0n) is 32.0. The van der Waals surface area contributed by atoms with E-state index in [1.54, 1.807) is 43.4 Å².